The molecule has 0 unspecified atom stereocenters. The zero-order valence-corrected chi connectivity index (χ0v) is 8.86. The summed E-state index contributed by atoms with van der Waals surface area (Å²) in [6.45, 7) is 5.19. The highest BCUT2D eigenvalue weighted by Gasteiger charge is 2.03. The average Bonchev–Trinajstić information content (AvgIpc) is 2.19. The zero-order chi connectivity index (χ0) is 10.4. The standard InChI is InChI=1S/C10H16N2O2/c1-8(2)10-11-5-4-9(12-10)14-7-6-13-3/h4-5,8H,6-7H2,1-3H3. The Balaban J connectivity index is 2.55. The Bertz CT molecular complexity index is 277. The van der Waals surface area contributed by atoms with E-state index >= 15 is 0 Å². The van der Waals surface area contributed by atoms with Crippen LogP contribution in [0.3, 0.4) is 0 Å². The van der Waals surface area contributed by atoms with E-state index in [0.29, 0.717) is 25.0 Å². The quantitative estimate of drug-likeness (QED) is 0.671. The Morgan fingerprint density at radius 3 is 2.79 bits per heavy atom. The Morgan fingerprint density at radius 1 is 1.36 bits per heavy atom. The topological polar surface area (TPSA) is 44.2 Å². The molecule has 0 N–H and O–H groups in total. The molecule has 1 rings (SSSR count). The van der Waals surface area contributed by atoms with Gasteiger partial charge in [-0.3, -0.25) is 0 Å². The summed E-state index contributed by atoms with van der Waals surface area (Å²) in [6.07, 6.45) is 1.71. The van der Waals surface area contributed by atoms with Gasteiger partial charge in [-0.15, -0.1) is 0 Å². The van der Waals surface area contributed by atoms with Gasteiger partial charge in [0.15, 0.2) is 0 Å². The maximum Gasteiger partial charge on any atom is 0.216 e. The summed E-state index contributed by atoms with van der Waals surface area (Å²) in [5.41, 5.74) is 0. The summed E-state index contributed by atoms with van der Waals surface area (Å²) >= 11 is 0. The van der Waals surface area contributed by atoms with Crippen molar-refractivity contribution >= 4 is 0 Å². The predicted molar refractivity (Wildman–Crippen MR) is 53.5 cm³/mol. The molecule has 4 nitrogen and oxygen atoms in total. The van der Waals surface area contributed by atoms with Crippen molar-refractivity contribution in [3.05, 3.63) is 18.1 Å². The number of rotatable bonds is 5. The summed E-state index contributed by atoms with van der Waals surface area (Å²) in [6, 6.07) is 1.75. The first-order valence-corrected chi connectivity index (χ1v) is 4.68. The number of aromatic nitrogens is 2. The highest BCUT2D eigenvalue weighted by atomic mass is 16.5. The lowest BCUT2D eigenvalue weighted by molar-refractivity contribution is 0.143. The molecule has 4 heteroatoms. The molecule has 0 saturated heterocycles. The first-order valence-electron chi connectivity index (χ1n) is 4.68. The van der Waals surface area contributed by atoms with E-state index in [-0.39, 0.29) is 0 Å². The molecule has 1 heterocycles. The third-order valence-corrected chi connectivity index (χ3v) is 1.70. The smallest absolute Gasteiger partial charge is 0.216 e. The largest absolute Gasteiger partial charge is 0.475 e. The lowest BCUT2D eigenvalue weighted by atomic mass is 10.2. The van der Waals surface area contributed by atoms with Crippen LogP contribution in [0.15, 0.2) is 12.3 Å². The molecule has 0 spiro atoms. The summed E-state index contributed by atoms with van der Waals surface area (Å²) in [7, 11) is 1.64. The number of hydrogen-bond donors (Lipinski definition) is 0. The molecule has 78 valence electrons. The van der Waals surface area contributed by atoms with Crippen molar-refractivity contribution in [1.29, 1.82) is 0 Å². The fourth-order valence-corrected chi connectivity index (χ4v) is 0.945. The van der Waals surface area contributed by atoms with Crippen molar-refractivity contribution in [2.45, 2.75) is 19.8 Å². The predicted octanol–water partition coefficient (Wildman–Crippen LogP) is 1.63. The van der Waals surface area contributed by atoms with Crippen LogP contribution in [0, 0.1) is 0 Å². The lowest BCUT2D eigenvalue weighted by Crippen LogP contribution is -2.07. The van der Waals surface area contributed by atoms with Crippen LogP contribution in [0.5, 0.6) is 5.88 Å². The van der Waals surface area contributed by atoms with Gasteiger partial charge in [0.1, 0.15) is 12.4 Å². The molecule has 0 aliphatic heterocycles. The summed E-state index contributed by atoms with van der Waals surface area (Å²) < 4.78 is 10.2. The third kappa shape index (κ3) is 3.30. The molecule has 14 heavy (non-hydrogen) atoms. The first-order chi connectivity index (χ1) is 6.74. The summed E-state index contributed by atoms with van der Waals surface area (Å²) in [4.78, 5) is 8.40. The van der Waals surface area contributed by atoms with Crippen molar-refractivity contribution in [2.75, 3.05) is 20.3 Å². The number of hydrogen-bond acceptors (Lipinski definition) is 4. The Morgan fingerprint density at radius 2 is 2.14 bits per heavy atom. The molecule has 0 saturated carbocycles. The van der Waals surface area contributed by atoms with Gasteiger partial charge in [-0.2, -0.15) is 4.98 Å². The first kappa shape index (κ1) is 10.9. The van der Waals surface area contributed by atoms with E-state index in [1.807, 2.05) is 13.8 Å². The van der Waals surface area contributed by atoms with Crippen LogP contribution < -0.4 is 4.74 Å². The lowest BCUT2D eigenvalue weighted by Gasteiger charge is -2.07. The van der Waals surface area contributed by atoms with Gasteiger partial charge in [0.05, 0.1) is 6.61 Å². The molecule has 0 radical (unpaired) electrons. The van der Waals surface area contributed by atoms with Crippen LogP contribution >= 0.6 is 0 Å². The second kappa shape index (κ2) is 5.54. The fourth-order valence-electron chi connectivity index (χ4n) is 0.945. The minimum Gasteiger partial charge on any atom is -0.475 e. The van der Waals surface area contributed by atoms with E-state index in [9.17, 15) is 0 Å². The monoisotopic (exact) mass is 196 g/mol. The Labute approximate surface area is 84.3 Å². The molecule has 0 atom stereocenters. The Hall–Kier alpha value is -1.16. The van der Waals surface area contributed by atoms with E-state index in [1.165, 1.54) is 0 Å². The minimum absolute atomic E-state index is 0.320. The molecule has 0 fully saturated rings. The van der Waals surface area contributed by atoms with E-state index in [4.69, 9.17) is 9.47 Å². The second-order valence-electron chi connectivity index (χ2n) is 3.25. The van der Waals surface area contributed by atoms with Crippen molar-refractivity contribution in [1.82, 2.24) is 9.97 Å². The Kier molecular flexibility index (Phi) is 4.32. The van der Waals surface area contributed by atoms with Crippen LogP contribution in [-0.2, 0) is 4.74 Å². The highest BCUT2D eigenvalue weighted by molar-refractivity contribution is 5.09. The normalized spacial score (nSPS) is 10.6. The van der Waals surface area contributed by atoms with E-state index in [2.05, 4.69) is 9.97 Å². The zero-order valence-electron chi connectivity index (χ0n) is 8.86. The van der Waals surface area contributed by atoms with E-state index in [0.717, 1.165) is 5.82 Å². The molecule has 0 aliphatic rings. The fraction of sp³-hybridized carbons (Fsp3) is 0.600. The molecule has 1 aromatic rings. The highest BCUT2D eigenvalue weighted by Crippen LogP contribution is 2.12. The van der Waals surface area contributed by atoms with Crippen LogP contribution in [0.25, 0.3) is 0 Å². The van der Waals surface area contributed by atoms with Gasteiger partial charge in [-0.05, 0) is 0 Å². The summed E-state index contributed by atoms with van der Waals surface area (Å²) in [5.74, 6) is 1.74. The van der Waals surface area contributed by atoms with E-state index in [1.54, 1.807) is 19.4 Å². The second-order valence-corrected chi connectivity index (χ2v) is 3.25. The SMILES string of the molecule is COCCOc1ccnc(C(C)C)n1. The van der Waals surface area contributed by atoms with Crippen molar-refractivity contribution in [3.63, 3.8) is 0 Å². The van der Waals surface area contributed by atoms with Crippen LogP contribution in [0.2, 0.25) is 0 Å². The molecule has 0 amide bonds. The van der Waals surface area contributed by atoms with Gasteiger partial charge >= 0.3 is 0 Å². The molecular formula is C10H16N2O2. The molecule has 0 bridgehead atoms. The van der Waals surface area contributed by atoms with Crippen molar-refractivity contribution < 1.29 is 9.47 Å². The number of nitrogens with zero attached hydrogens (tertiary/aromatic N) is 2. The summed E-state index contributed by atoms with van der Waals surface area (Å²) in [5, 5.41) is 0. The van der Waals surface area contributed by atoms with E-state index < -0.39 is 0 Å². The number of ether oxygens (including phenoxy) is 2. The van der Waals surface area contributed by atoms with Crippen LogP contribution in [-0.4, -0.2) is 30.3 Å². The average molecular weight is 196 g/mol. The van der Waals surface area contributed by atoms with Gasteiger partial charge in [0, 0.05) is 25.3 Å². The molecule has 1 aromatic heterocycles. The maximum atomic E-state index is 5.36. The third-order valence-electron chi connectivity index (χ3n) is 1.70. The minimum atomic E-state index is 0.320. The molecule has 0 aromatic carbocycles. The van der Waals surface area contributed by atoms with Crippen LogP contribution in [0.1, 0.15) is 25.6 Å². The van der Waals surface area contributed by atoms with Crippen molar-refractivity contribution in [2.24, 2.45) is 0 Å². The van der Waals surface area contributed by atoms with Gasteiger partial charge in [-0.25, -0.2) is 4.98 Å². The maximum absolute atomic E-state index is 5.36. The number of methoxy groups -OCH3 is 1. The van der Waals surface area contributed by atoms with Gasteiger partial charge in [0.25, 0.3) is 0 Å². The van der Waals surface area contributed by atoms with Crippen LogP contribution in [0.4, 0.5) is 0 Å². The molecular weight excluding hydrogens is 180 g/mol. The van der Waals surface area contributed by atoms with Crippen molar-refractivity contribution in [3.8, 4) is 5.88 Å². The molecule has 0 aliphatic carbocycles. The van der Waals surface area contributed by atoms with Gasteiger partial charge in [0.2, 0.25) is 5.88 Å². The van der Waals surface area contributed by atoms with Gasteiger partial charge < -0.3 is 9.47 Å². The van der Waals surface area contributed by atoms with Gasteiger partial charge in [-0.1, -0.05) is 13.8 Å².